The number of thioether (sulfide) groups is 1. The van der Waals surface area contributed by atoms with Crippen LogP contribution >= 0.6 is 11.8 Å². The summed E-state index contributed by atoms with van der Waals surface area (Å²) in [7, 11) is 0. The molecule has 2 unspecified atom stereocenters. The summed E-state index contributed by atoms with van der Waals surface area (Å²) in [5, 5.41) is 52.4. The van der Waals surface area contributed by atoms with Crippen LogP contribution in [0.5, 0.6) is 11.5 Å². The van der Waals surface area contributed by atoms with Crippen LogP contribution in [-0.2, 0) is 28.8 Å². The summed E-state index contributed by atoms with van der Waals surface area (Å²) in [5.74, 6) is -6.46. The molecule has 226 valence electrons. The van der Waals surface area contributed by atoms with Crippen molar-refractivity contribution in [3.05, 3.63) is 30.3 Å². The molecule has 0 fully saturated rings. The third-order valence-corrected chi connectivity index (χ3v) is 6.60. The topological polar surface area (TPSA) is 263 Å². The average molecular weight is 650 g/mol. The molecule has 8 N–H and O–H groups in total. The van der Waals surface area contributed by atoms with Crippen LogP contribution in [0.25, 0.3) is 11.1 Å². The molecule has 0 saturated heterocycles. The number of carboxylic acids is 2. The number of nitrogens with two attached hydrogens (primary N) is 1. The molecule has 0 bridgehead atoms. The van der Waals surface area contributed by atoms with Gasteiger partial charge in [-0.05, 0) is 36.8 Å². The van der Waals surface area contributed by atoms with Crippen molar-refractivity contribution in [2.45, 2.75) is 43.7 Å². The summed E-state index contributed by atoms with van der Waals surface area (Å²) < 4.78 is 0. The maximum Gasteiger partial charge on any atom is 1.00 e. The fraction of sp³-hybridized carbons (Fsp3) is 0.308. The number of aliphatic carboxylic acids is 2. The van der Waals surface area contributed by atoms with Crippen LogP contribution in [0.15, 0.2) is 35.2 Å². The van der Waals surface area contributed by atoms with E-state index in [4.69, 9.17) is 5.73 Å². The number of aromatic hydroxyl groups is 2. The number of carbonyl (C=O) groups is 6. The number of phenols is 2. The molecule has 15 nitrogen and oxygen atoms in total. The van der Waals surface area contributed by atoms with Gasteiger partial charge < -0.3 is 57.0 Å². The average Bonchev–Trinajstić information content (AvgIpc) is 2.89. The number of nitrogens with one attached hydrogen (secondary N) is 4. The molecule has 0 aromatic heterocycles. The number of benzene rings is 2. The standard InChI is InChI=1S/C26H31N5O10S.2Na/c1-12(32)29-14-3-5-20(34)16(7-14)15-8-21(35)22(9-18(15)30-13(2)33)42-11-19(25(39)28-10-24(37)38)31-23(36)6-4-17(27)26(40)41;;/h3,5,7-9,17,19,34-35H,4,6,10-11,27H2,1-2H3,(H,28,39)(H,29,32)(H,30,33)(H,31,36)(H,37,38)(H,40,41);;/q;2*+1/p-2. The predicted molar refractivity (Wildman–Crippen MR) is 147 cm³/mol. The fourth-order valence-corrected chi connectivity index (χ4v) is 4.53. The minimum Gasteiger partial charge on any atom is -0.548 e. The van der Waals surface area contributed by atoms with Gasteiger partial charge in [-0.2, -0.15) is 0 Å². The summed E-state index contributed by atoms with van der Waals surface area (Å²) in [4.78, 5) is 70.1. The van der Waals surface area contributed by atoms with Crippen molar-refractivity contribution in [3.8, 4) is 22.6 Å². The van der Waals surface area contributed by atoms with Gasteiger partial charge in [-0.15, -0.1) is 11.8 Å². The number of anilines is 2. The normalized spacial score (nSPS) is 11.4. The van der Waals surface area contributed by atoms with Crippen LogP contribution in [0.1, 0.15) is 26.7 Å². The Morgan fingerprint density at radius 2 is 1.55 bits per heavy atom. The quantitative estimate of drug-likeness (QED) is 0.0572. The molecule has 0 saturated carbocycles. The van der Waals surface area contributed by atoms with E-state index in [1.165, 1.54) is 44.2 Å². The van der Waals surface area contributed by atoms with Gasteiger partial charge in [0.25, 0.3) is 0 Å². The first-order valence-corrected chi connectivity index (χ1v) is 13.3. The minimum atomic E-state index is -1.58. The monoisotopic (exact) mass is 649 g/mol. The zero-order valence-electron chi connectivity index (χ0n) is 24.5. The Morgan fingerprint density at radius 1 is 0.909 bits per heavy atom. The molecule has 2 atom stereocenters. The van der Waals surface area contributed by atoms with Crippen molar-refractivity contribution >= 4 is 58.7 Å². The van der Waals surface area contributed by atoms with Gasteiger partial charge in [0.2, 0.25) is 23.6 Å². The number of amides is 4. The van der Waals surface area contributed by atoms with E-state index in [0.29, 0.717) is 5.69 Å². The Kier molecular flexibility index (Phi) is 18.3. The Bertz CT molecular complexity index is 1400. The van der Waals surface area contributed by atoms with Gasteiger partial charge in [0.15, 0.2) is 0 Å². The number of hydrogen-bond donors (Lipinski definition) is 7. The largest absolute Gasteiger partial charge is 1.00 e. The fourth-order valence-electron chi connectivity index (χ4n) is 3.54. The Labute approximate surface area is 300 Å². The van der Waals surface area contributed by atoms with Crippen LogP contribution in [-0.4, -0.2) is 70.2 Å². The zero-order chi connectivity index (χ0) is 31.6. The summed E-state index contributed by atoms with van der Waals surface area (Å²) in [6, 6.07) is 4.04. The molecule has 0 heterocycles. The first kappa shape index (κ1) is 41.2. The molecule has 2 aromatic rings. The van der Waals surface area contributed by atoms with Crippen molar-refractivity contribution in [1.29, 1.82) is 0 Å². The van der Waals surface area contributed by atoms with Crippen LogP contribution in [0.2, 0.25) is 0 Å². The molecule has 18 heteroatoms. The minimum absolute atomic E-state index is 0. The second kappa shape index (κ2) is 19.5. The van der Waals surface area contributed by atoms with Crippen molar-refractivity contribution in [2.75, 3.05) is 22.9 Å². The summed E-state index contributed by atoms with van der Waals surface area (Å²) in [6.07, 6.45) is -0.662. The van der Waals surface area contributed by atoms with Gasteiger partial charge in [0.1, 0.15) is 17.5 Å². The second-order valence-electron chi connectivity index (χ2n) is 8.94. The third kappa shape index (κ3) is 13.4. The smallest absolute Gasteiger partial charge is 0.548 e. The molecular formula is C26H29N5Na2O10S. The van der Waals surface area contributed by atoms with E-state index in [2.05, 4.69) is 21.3 Å². The van der Waals surface area contributed by atoms with Crippen LogP contribution in [0.4, 0.5) is 11.4 Å². The van der Waals surface area contributed by atoms with Crippen molar-refractivity contribution < 1.29 is 108 Å². The third-order valence-electron chi connectivity index (χ3n) is 5.47. The molecular weight excluding hydrogens is 620 g/mol. The molecule has 0 aliphatic heterocycles. The molecule has 44 heavy (non-hydrogen) atoms. The Balaban J connectivity index is 0.00000924. The maximum atomic E-state index is 12.6. The van der Waals surface area contributed by atoms with Crippen molar-refractivity contribution in [3.63, 3.8) is 0 Å². The van der Waals surface area contributed by atoms with Gasteiger partial charge in [-0.1, -0.05) is 0 Å². The number of rotatable bonds is 14. The van der Waals surface area contributed by atoms with Crippen LogP contribution < -0.4 is 96.3 Å². The zero-order valence-corrected chi connectivity index (χ0v) is 29.3. The maximum absolute atomic E-state index is 12.6. The molecule has 0 spiro atoms. The molecule has 4 amide bonds. The summed E-state index contributed by atoms with van der Waals surface area (Å²) >= 11 is 0.862. The van der Waals surface area contributed by atoms with Crippen LogP contribution in [0, 0.1) is 0 Å². The van der Waals surface area contributed by atoms with E-state index in [9.17, 15) is 49.2 Å². The first-order valence-electron chi connectivity index (χ1n) is 12.3. The summed E-state index contributed by atoms with van der Waals surface area (Å²) in [6.45, 7) is 1.68. The molecule has 0 aliphatic carbocycles. The van der Waals surface area contributed by atoms with E-state index in [0.717, 1.165) is 11.8 Å². The molecule has 0 radical (unpaired) electrons. The van der Waals surface area contributed by atoms with E-state index in [-0.39, 0.29) is 117 Å². The van der Waals surface area contributed by atoms with E-state index in [1.54, 1.807) is 0 Å². The number of carbonyl (C=O) groups excluding carboxylic acids is 6. The van der Waals surface area contributed by atoms with Crippen molar-refractivity contribution in [1.82, 2.24) is 10.6 Å². The SMILES string of the molecule is CC(=O)Nc1ccc(O)c(-c2cc(O)c(SCC(NC(=O)CCC(N)C(=O)[O-])C(=O)NCC(=O)[O-])cc2NC(C)=O)c1.[Na+].[Na+]. The second-order valence-corrected chi connectivity index (χ2v) is 10.0. The van der Waals surface area contributed by atoms with Gasteiger partial charge in [0.05, 0.1) is 29.1 Å². The first-order chi connectivity index (χ1) is 19.7. The Hall–Kier alpha value is -2.83. The van der Waals surface area contributed by atoms with Gasteiger partial charge in [-0.3, -0.25) is 19.2 Å². The number of carboxylic acid groups (broad SMARTS) is 2. The summed E-state index contributed by atoms with van der Waals surface area (Å²) in [5.41, 5.74) is 6.18. The number of hydrogen-bond acceptors (Lipinski definition) is 12. The Morgan fingerprint density at radius 3 is 2.11 bits per heavy atom. The predicted octanol–water partition coefficient (Wildman–Crippen LogP) is -8.01. The van der Waals surface area contributed by atoms with E-state index >= 15 is 0 Å². The molecule has 2 aromatic carbocycles. The number of phenolic OH excluding ortho intramolecular Hbond substituents is 2. The molecule has 0 aliphatic rings. The van der Waals surface area contributed by atoms with E-state index in [1.807, 2.05) is 0 Å². The van der Waals surface area contributed by atoms with Gasteiger partial charge in [-0.25, -0.2) is 0 Å². The van der Waals surface area contributed by atoms with E-state index < -0.39 is 48.3 Å². The van der Waals surface area contributed by atoms with Gasteiger partial charge >= 0.3 is 59.1 Å². The van der Waals surface area contributed by atoms with Crippen LogP contribution in [0.3, 0.4) is 0 Å². The van der Waals surface area contributed by atoms with Gasteiger partial charge in [0, 0.05) is 48.9 Å². The molecule has 2 rings (SSSR count). The van der Waals surface area contributed by atoms with Crippen molar-refractivity contribution in [2.24, 2.45) is 5.73 Å².